The van der Waals surface area contributed by atoms with Crippen LogP contribution in [-0.4, -0.2) is 27.8 Å². The summed E-state index contributed by atoms with van der Waals surface area (Å²) in [5.74, 6) is 0.408. The van der Waals surface area contributed by atoms with Crippen LogP contribution in [0.15, 0.2) is 57.9 Å². The van der Waals surface area contributed by atoms with Crippen LogP contribution in [0, 0.1) is 4.77 Å². The van der Waals surface area contributed by atoms with Gasteiger partial charge in [-0.1, -0.05) is 0 Å². The minimum atomic E-state index is -0.488. The predicted octanol–water partition coefficient (Wildman–Crippen LogP) is 3.48. The number of carbonyl (C=O) groups excluding carboxylic acids is 1. The molecule has 4 aromatic rings. The van der Waals surface area contributed by atoms with Gasteiger partial charge < -0.3 is 14.1 Å². The molecule has 0 unspecified atom stereocenters. The quantitative estimate of drug-likeness (QED) is 0.416. The normalized spacial score (nSPS) is 10.9. The van der Waals surface area contributed by atoms with E-state index in [9.17, 15) is 9.59 Å². The third kappa shape index (κ3) is 3.06. The molecule has 0 radical (unpaired) electrons. The summed E-state index contributed by atoms with van der Waals surface area (Å²) in [7, 11) is 1.58. The number of ether oxygens (including phenoxy) is 1. The largest absolute Gasteiger partial charge is 0.497 e. The lowest BCUT2D eigenvalue weighted by Gasteiger charge is -2.08. The summed E-state index contributed by atoms with van der Waals surface area (Å²) >= 11 is 5.04. The molecule has 0 aliphatic carbocycles. The average molecular weight is 379 g/mol. The van der Waals surface area contributed by atoms with Gasteiger partial charge in [-0.25, -0.2) is 4.98 Å². The van der Waals surface area contributed by atoms with Crippen molar-refractivity contribution in [2.45, 2.75) is 0 Å². The molecule has 0 aliphatic heterocycles. The zero-order chi connectivity index (χ0) is 19.0. The van der Waals surface area contributed by atoms with E-state index in [1.54, 1.807) is 37.4 Å². The molecule has 0 saturated heterocycles. The minimum absolute atomic E-state index is 0.127. The molecule has 0 amide bonds. The zero-order valence-corrected chi connectivity index (χ0v) is 14.9. The number of methoxy groups -OCH3 is 1. The summed E-state index contributed by atoms with van der Waals surface area (Å²) in [5.41, 5.74) is 1.18. The molecule has 1 aromatic carbocycles. The first kappa shape index (κ1) is 16.9. The van der Waals surface area contributed by atoms with E-state index < -0.39 is 11.3 Å². The lowest BCUT2D eigenvalue weighted by Crippen LogP contribution is -2.14. The van der Waals surface area contributed by atoms with E-state index in [2.05, 4.69) is 15.0 Å². The summed E-state index contributed by atoms with van der Waals surface area (Å²) in [6, 6.07) is 11.9. The monoisotopic (exact) mass is 379 g/mol. The number of ketones is 1. The highest BCUT2D eigenvalue weighted by atomic mass is 32.1. The Morgan fingerprint density at radius 2 is 1.96 bits per heavy atom. The van der Waals surface area contributed by atoms with Crippen molar-refractivity contribution in [3.05, 3.63) is 75.2 Å². The number of benzene rings is 1. The van der Waals surface area contributed by atoms with Gasteiger partial charge in [-0.3, -0.25) is 14.6 Å². The number of hydrogen-bond acceptors (Lipinski definition) is 6. The molecular weight excluding hydrogens is 366 g/mol. The summed E-state index contributed by atoms with van der Waals surface area (Å²) < 4.78 is 10.5. The van der Waals surface area contributed by atoms with Crippen LogP contribution in [0.25, 0.3) is 22.3 Å². The van der Waals surface area contributed by atoms with Gasteiger partial charge in [-0.05, 0) is 54.7 Å². The SMILES string of the molecule is COc1ccc(-c2cc(C(=O)c3ccco3)c3c(=O)[nH]c(=S)[nH]c3n2)cc1. The zero-order valence-electron chi connectivity index (χ0n) is 14.1. The molecule has 8 heteroatoms. The second-order valence-corrected chi connectivity index (χ2v) is 6.13. The molecule has 134 valence electrons. The highest BCUT2D eigenvalue weighted by Gasteiger charge is 2.20. The van der Waals surface area contributed by atoms with Gasteiger partial charge >= 0.3 is 0 Å². The number of pyridine rings is 1. The summed E-state index contributed by atoms with van der Waals surface area (Å²) in [4.78, 5) is 35.2. The fraction of sp³-hybridized carbons (Fsp3) is 0.0526. The average Bonchev–Trinajstić information content (AvgIpc) is 3.21. The number of fused-ring (bicyclic) bond motifs is 1. The molecule has 0 saturated carbocycles. The van der Waals surface area contributed by atoms with Crippen molar-refractivity contribution in [1.82, 2.24) is 15.0 Å². The minimum Gasteiger partial charge on any atom is -0.497 e. The van der Waals surface area contributed by atoms with E-state index in [-0.39, 0.29) is 27.1 Å². The van der Waals surface area contributed by atoms with Crippen molar-refractivity contribution in [1.29, 1.82) is 0 Å². The standard InChI is InChI=1S/C19H13N3O4S/c1-25-11-6-4-10(5-7-11)13-9-12(16(23)14-3-2-8-26-14)15-17(20-13)21-19(27)22-18(15)24/h2-9H,1H3,(H2,20,21,22,24,27). The first-order chi connectivity index (χ1) is 13.1. The number of aromatic amines is 2. The van der Waals surface area contributed by atoms with Gasteiger partial charge in [0.15, 0.2) is 10.5 Å². The molecule has 4 rings (SSSR count). The van der Waals surface area contributed by atoms with Gasteiger partial charge in [0, 0.05) is 11.1 Å². The molecule has 0 spiro atoms. The van der Waals surface area contributed by atoms with Gasteiger partial charge in [0.1, 0.15) is 11.4 Å². The third-order valence-electron chi connectivity index (χ3n) is 4.08. The van der Waals surface area contributed by atoms with E-state index in [1.807, 2.05) is 12.1 Å². The molecule has 0 atom stereocenters. The summed E-state index contributed by atoms with van der Waals surface area (Å²) in [6.07, 6.45) is 1.40. The first-order valence-corrected chi connectivity index (χ1v) is 8.37. The number of aromatic nitrogens is 3. The van der Waals surface area contributed by atoms with Crippen molar-refractivity contribution >= 4 is 29.0 Å². The number of H-pyrrole nitrogens is 2. The van der Waals surface area contributed by atoms with Crippen molar-refractivity contribution in [2.75, 3.05) is 7.11 Å². The van der Waals surface area contributed by atoms with Crippen molar-refractivity contribution in [3.8, 4) is 17.0 Å². The van der Waals surface area contributed by atoms with Crippen LogP contribution in [0.5, 0.6) is 5.75 Å². The highest BCUT2D eigenvalue weighted by Crippen LogP contribution is 2.25. The van der Waals surface area contributed by atoms with Crippen LogP contribution in [0.4, 0.5) is 0 Å². The van der Waals surface area contributed by atoms with Crippen LogP contribution < -0.4 is 10.3 Å². The molecule has 3 aromatic heterocycles. The second kappa shape index (κ2) is 6.65. The van der Waals surface area contributed by atoms with Gasteiger partial charge in [0.2, 0.25) is 5.78 Å². The Balaban J connectivity index is 2.00. The Kier molecular flexibility index (Phi) is 4.17. The number of rotatable bonds is 4. The van der Waals surface area contributed by atoms with Gasteiger partial charge in [0.25, 0.3) is 5.56 Å². The Labute approximate surface area is 157 Å². The molecular formula is C19H13N3O4S. The topological polar surface area (TPSA) is 101 Å². The number of nitrogens with one attached hydrogen (secondary N) is 2. The van der Waals surface area contributed by atoms with Crippen LogP contribution in [0.3, 0.4) is 0 Å². The predicted molar refractivity (Wildman–Crippen MR) is 102 cm³/mol. The molecule has 0 aliphatic rings. The van der Waals surface area contributed by atoms with Gasteiger partial charge in [-0.2, -0.15) is 0 Å². The van der Waals surface area contributed by atoms with E-state index in [1.165, 1.54) is 6.26 Å². The first-order valence-electron chi connectivity index (χ1n) is 7.97. The Morgan fingerprint density at radius 1 is 1.19 bits per heavy atom. The molecule has 7 nitrogen and oxygen atoms in total. The van der Waals surface area contributed by atoms with Gasteiger partial charge in [0.05, 0.1) is 24.5 Å². The fourth-order valence-electron chi connectivity index (χ4n) is 2.80. The fourth-order valence-corrected chi connectivity index (χ4v) is 2.99. The van der Waals surface area contributed by atoms with E-state index in [0.717, 1.165) is 5.56 Å². The maximum Gasteiger partial charge on any atom is 0.261 e. The number of carbonyl (C=O) groups is 1. The number of hydrogen-bond donors (Lipinski definition) is 2. The van der Waals surface area contributed by atoms with Crippen molar-refractivity contribution in [2.24, 2.45) is 0 Å². The van der Waals surface area contributed by atoms with Crippen molar-refractivity contribution < 1.29 is 13.9 Å². The second-order valence-electron chi connectivity index (χ2n) is 5.72. The smallest absolute Gasteiger partial charge is 0.261 e. The molecule has 2 N–H and O–H groups in total. The lowest BCUT2D eigenvalue weighted by molar-refractivity contribution is 0.101. The third-order valence-corrected chi connectivity index (χ3v) is 4.29. The van der Waals surface area contributed by atoms with E-state index in [4.69, 9.17) is 21.4 Å². The molecule has 0 bridgehead atoms. The van der Waals surface area contributed by atoms with Crippen LogP contribution in [-0.2, 0) is 0 Å². The van der Waals surface area contributed by atoms with E-state index >= 15 is 0 Å². The molecule has 27 heavy (non-hydrogen) atoms. The molecule has 3 heterocycles. The summed E-state index contributed by atoms with van der Waals surface area (Å²) in [5, 5.41) is 0.127. The maximum absolute atomic E-state index is 12.9. The lowest BCUT2D eigenvalue weighted by atomic mass is 10.0. The Bertz CT molecular complexity index is 1260. The maximum atomic E-state index is 12.9. The molecule has 0 fully saturated rings. The van der Waals surface area contributed by atoms with Gasteiger partial charge in [-0.15, -0.1) is 0 Å². The van der Waals surface area contributed by atoms with Crippen LogP contribution in [0.2, 0.25) is 0 Å². The highest BCUT2D eigenvalue weighted by molar-refractivity contribution is 7.71. The number of nitrogens with zero attached hydrogens (tertiary/aromatic N) is 1. The van der Waals surface area contributed by atoms with E-state index in [0.29, 0.717) is 11.4 Å². The summed E-state index contributed by atoms with van der Waals surface area (Å²) in [6.45, 7) is 0. The number of furan rings is 1. The van der Waals surface area contributed by atoms with Crippen LogP contribution >= 0.6 is 12.2 Å². The Hall–Kier alpha value is -3.52. The van der Waals surface area contributed by atoms with Crippen molar-refractivity contribution in [3.63, 3.8) is 0 Å². The van der Waals surface area contributed by atoms with Crippen LogP contribution in [0.1, 0.15) is 16.1 Å². The Morgan fingerprint density at radius 3 is 2.63 bits per heavy atom.